The smallest absolute Gasteiger partial charge is 0.379 e. The van der Waals surface area contributed by atoms with Crippen LogP contribution >= 0.6 is 23.4 Å². The third-order valence-electron chi connectivity index (χ3n) is 5.44. The minimum absolute atomic E-state index is 0.0423. The Kier molecular flexibility index (Phi) is 4.42. The second-order valence-electron chi connectivity index (χ2n) is 7.33. The van der Waals surface area contributed by atoms with E-state index in [1.165, 1.54) is 0 Å². The number of rotatable bonds is 3. The molecule has 0 saturated heterocycles. The molecular weight excluding hydrogens is 462 g/mol. The maximum absolute atomic E-state index is 13.4. The van der Waals surface area contributed by atoms with E-state index >= 15 is 0 Å². The highest BCUT2D eigenvalue weighted by Crippen LogP contribution is 2.52. The third-order valence-corrected chi connectivity index (χ3v) is 7.04. The van der Waals surface area contributed by atoms with E-state index in [0.717, 1.165) is 11.8 Å². The van der Waals surface area contributed by atoms with Crippen LogP contribution in [0.2, 0.25) is 5.02 Å². The number of aromatic hydroxyl groups is 1. The Balaban J connectivity index is 1.62. The van der Waals surface area contributed by atoms with Gasteiger partial charge in [-0.15, -0.1) is 10.2 Å². The van der Waals surface area contributed by atoms with E-state index in [0.29, 0.717) is 38.5 Å². The van der Waals surface area contributed by atoms with Gasteiger partial charge in [0, 0.05) is 10.6 Å². The number of carbonyl (C=O) groups is 1. The molecule has 2 aliphatic heterocycles. The number of hydrogen-bond acceptors (Lipinski definition) is 8. The largest absolute Gasteiger partial charge is 0.507 e. The maximum Gasteiger partial charge on any atom is 0.379 e. The van der Waals surface area contributed by atoms with Crippen molar-refractivity contribution in [1.82, 2.24) is 14.9 Å². The van der Waals surface area contributed by atoms with Crippen LogP contribution in [0.25, 0.3) is 11.4 Å². The fourth-order valence-electron chi connectivity index (χ4n) is 3.99. The van der Waals surface area contributed by atoms with E-state index in [-0.39, 0.29) is 5.75 Å². The van der Waals surface area contributed by atoms with Crippen LogP contribution in [-0.4, -0.2) is 36.5 Å². The van der Waals surface area contributed by atoms with Gasteiger partial charge >= 0.3 is 5.97 Å². The quantitative estimate of drug-likeness (QED) is 0.440. The molecule has 162 valence electrons. The molecule has 6 rings (SSSR count). The third kappa shape index (κ3) is 2.79. The minimum atomic E-state index is -1.43. The Morgan fingerprint density at radius 2 is 1.61 bits per heavy atom. The number of hydrogen-bond donors (Lipinski definition) is 1. The molecule has 0 bridgehead atoms. The van der Waals surface area contributed by atoms with E-state index in [9.17, 15) is 9.90 Å². The zero-order valence-electron chi connectivity index (χ0n) is 16.8. The molecule has 4 aromatic rings. The summed E-state index contributed by atoms with van der Waals surface area (Å²) in [6, 6.07) is 23.3. The average Bonchev–Trinajstić information content (AvgIpc) is 3.48. The lowest BCUT2D eigenvalue weighted by molar-refractivity contribution is -0.142. The molecule has 1 N–H and O–H groups in total. The molecule has 0 aliphatic carbocycles. The summed E-state index contributed by atoms with van der Waals surface area (Å²) in [4.78, 5) is 17.2. The molecule has 8 nitrogen and oxygen atoms in total. The lowest BCUT2D eigenvalue weighted by atomic mass is 10.0. The molecule has 3 heterocycles. The van der Waals surface area contributed by atoms with Crippen molar-refractivity contribution < 1.29 is 14.7 Å². The number of oxime groups is 1. The number of halogens is 1. The van der Waals surface area contributed by atoms with Gasteiger partial charge in [-0.3, -0.25) is 0 Å². The molecule has 1 unspecified atom stereocenters. The maximum atomic E-state index is 13.4. The highest BCUT2D eigenvalue weighted by Gasteiger charge is 2.63. The van der Waals surface area contributed by atoms with Gasteiger partial charge in [0.05, 0.1) is 11.3 Å². The molecule has 1 atom stereocenters. The lowest BCUT2D eigenvalue weighted by Gasteiger charge is -2.33. The normalized spacial score (nSPS) is 19.0. The van der Waals surface area contributed by atoms with Gasteiger partial charge in [-0.2, -0.15) is 0 Å². The highest BCUT2D eigenvalue weighted by molar-refractivity contribution is 8.02. The van der Waals surface area contributed by atoms with Crippen LogP contribution in [0.5, 0.6) is 5.75 Å². The van der Waals surface area contributed by atoms with Crippen LogP contribution in [-0.2, 0) is 9.63 Å². The summed E-state index contributed by atoms with van der Waals surface area (Å²) in [7, 11) is 0. The number of nitrogens with zero attached hydrogens (tertiary/aromatic N) is 5. The average molecular weight is 476 g/mol. The summed E-state index contributed by atoms with van der Waals surface area (Å²) >= 11 is 7.66. The summed E-state index contributed by atoms with van der Waals surface area (Å²) in [6.45, 7) is 0. The van der Waals surface area contributed by atoms with Gasteiger partial charge in [0.2, 0.25) is 5.16 Å². The van der Waals surface area contributed by atoms with Crippen molar-refractivity contribution in [2.75, 3.05) is 5.01 Å². The fourth-order valence-corrected chi connectivity index (χ4v) is 5.46. The van der Waals surface area contributed by atoms with Crippen molar-refractivity contribution in [2.24, 2.45) is 5.16 Å². The van der Waals surface area contributed by atoms with Gasteiger partial charge in [-0.05, 0) is 42.1 Å². The van der Waals surface area contributed by atoms with Crippen molar-refractivity contribution in [3.63, 3.8) is 0 Å². The topological polar surface area (TPSA) is 92.8 Å². The first-order valence-corrected chi connectivity index (χ1v) is 11.1. The number of aromatic nitrogens is 3. The van der Waals surface area contributed by atoms with E-state index in [1.54, 1.807) is 52.1 Å². The Morgan fingerprint density at radius 3 is 2.36 bits per heavy atom. The zero-order valence-corrected chi connectivity index (χ0v) is 18.4. The van der Waals surface area contributed by atoms with E-state index in [1.807, 2.05) is 36.4 Å². The Hall–Kier alpha value is -3.82. The molecule has 33 heavy (non-hydrogen) atoms. The van der Waals surface area contributed by atoms with Gasteiger partial charge in [0.1, 0.15) is 11.5 Å². The van der Waals surface area contributed by atoms with Gasteiger partial charge < -0.3 is 9.94 Å². The Morgan fingerprint density at radius 1 is 0.909 bits per heavy atom. The predicted molar refractivity (Wildman–Crippen MR) is 124 cm³/mol. The summed E-state index contributed by atoms with van der Waals surface area (Å²) in [5, 5.41) is 25.9. The minimum Gasteiger partial charge on any atom is -0.507 e. The van der Waals surface area contributed by atoms with Gasteiger partial charge in [0.15, 0.2) is 5.82 Å². The molecule has 0 fully saturated rings. The van der Waals surface area contributed by atoms with Crippen molar-refractivity contribution >= 4 is 40.7 Å². The molecule has 0 saturated carbocycles. The second kappa shape index (κ2) is 7.36. The number of para-hydroxylation sites is 2. The number of fused-ring (bicyclic) bond motifs is 1. The number of phenols is 1. The first-order valence-electron chi connectivity index (χ1n) is 9.94. The van der Waals surface area contributed by atoms with Gasteiger partial charge in [0.25, 0.3) is 4.87 Å². The number of anilines is 1. The number of benzene rings is 3. The van der Waals surface area contributed by atoms with Crippen molar-refractivity contribution in [2.45, 2.75) is 10.0 Å². The van der Waals surface area contributed by atoms with Gasteiger partial charge in [-0.1, -0.05) is 65.3 Å². The van der Waals surface area contributed by atoms with E-state index in [2.05, 4.69) is 15.4 Å². The van der Waals surface area contributed by atoms with Crippen molar-refractivity contribution in [3.05, 3.63) is 89.4 Å². The van der Waals surface area contributed by atoms with Crippen LogP contribution in [0.15, 0.2) is 89.2 Å². The molecule has 10 heteroatoms. The van der Waals surface area contributed by atoms with Crippen LogP contribution in [0.1, 0.15) is 5.56 Å². The van der Waals surface area contributed by atoms with Gasteiger partial charge in [-0.25, -0.2) is 14.5 Å². The fraction of sp³-hybridized carbons (Fsp3) is 0.0435. The van der Waals surface area contributed by atoms with Crippen LogP contribution < -0.4 is 5.01 Å². The molecule has 0 amide bonds. The summed E-state index contributed by atoms with van der Waals surface area (Å²) in [5.74, 6) is -0.171. The van der Waals surface area contributed by atoms with Crippen molar-refractivity contribution in [1.29, 1.82) is 0 Å². The monoisotopic (exact) mass is 475 g/mol. The van der Waals surface area contributed by atoms with Crippen molar-refractivity contribution in [3.8, 4) is 17.1 Å². The summed E-state index contributed by atoms with van der Waals surface area (Å²) in [6.07, 6.45) is 0. The number of thioether (sulfide) groups is 1. The van der Waals surface area contributed by atoms with E-state index < -0.39 is 10.8 Å². The second-order valence-corrected chi connectivity index (χ2v) is 8.89. The Bertz CT molecular complexity index is 1440. The molecular formula is C23H14ClN5O3S. The molecule has 0 radical (unpaired) electrons. The van der Waals surface area contributed by atoms with Crippen LogP contribution in [0, 0.1) is 0 Å². The first kappa shape index (κ1) is 19.8. The molecule has 2 aliphatic rings. The molecule has 3 aromatic carbocycles. The van der Waals surface area contributed by atoms with E-state index in [4.69, 9.17) is 16.4 Å². The Labute approximate surface area is 197 Å². The van der Waals surface area contributed by atoms with Crippen LogP contribution in [0.3, 0.4) is 0 Å². The van der Waals surface area contributed by atoms with Crippen LogP contribution in [0.4, 0.5) is 5.69 Å². The predicted octanol–water partition coefficient (Wildman–Crippen LogP) is 4.34. The standard InChI is InChI=1S/C23H14ClN5O3S/c24-17-12-6-4-10-15(17)19-23(21(31)32-27-19)29(14-8-2-1-3-9-14)28-20(25-26-22(28)33-23)16-11-5-7-13-18(16)30/h1-13,30H. The zero-order chi connectivity index (χ0) is 22.6. The highest BCUT2D eigenvalue weighted by atomic mass is 35.5. The molecule has 1 spiro atoms. The number of phenolic OH excluding ortho intramolecular Hbond substituents is 1. The number of carbonyl (C=O) groups excluding carboxylic acids is 1. The SMILES string of the molecule is O=C1ON=C(c2ccccc2Cl)C12Sc1nnc(-c3ccccc3O)n1N2c1ccccc1. The summed E-state index contributed by atoms with van der Waals surface area (Å²) < 4.78 is 1.70. The molecule has 1 aromatic heterocycles. The lowest BCUT2D eigenvalue weighted by Crippen LogP contribution is -2.55. The summed E-state index contributed by atoms with van der Waals surface area (Å²) in [5.41, 5.74) is 2.07. The first-order chi connectivity index (χ1) is 16.1.